The number of methoxy groups -OCH3 is 1. The van der Waals surface area contributed by atoms with Crippen molar-refractivity contribution in [2.24, 2.45) is 5.92 Å². The van der Waals surface area contributed by atoms with Gasteiger partial charge in [-0.25, -0.2) is 4.98 Å². The van der Waals surface area contributed by atoms with Crippen LogP contribution < -0.4 is 0 Å². The average molecular weight is 307 g/mol. The van der Waals surface area contributed by atoms with Crippen molar-refractivity contribution < 1.29 is 14.3 Å². The Kier molecular flexibility index (Phi) is 3.67. The summed E-state index contributed by atoms with van der Waals surface area (Å²) in [6, 6.07) is 0. The number of aromatic nitrogens is 2. The van der Waals surface area contributed by atoms with Crippen molar-refractivity contribution in [3.8, 4) is 0 Å². The van der Waals surface area contributed by atoms with Gasteiger partial charge in [0.2, 0.25) is 0 Å². The van der Waals surface area contributed by atoms with E-state index >= 15 is 0 Å². The topological polar surface area (TPSA) is 63.9 Å². The molecule has 0 radical (unpaired) electrons. The first-order valence-electron chi connectivity index (χ1n) is 6.90. The van der Waals surface area contributed by atoms with Crippen LogP contribution in [0.5, 0.6) is 0 Å². The Morgan fingerprint density at radius 3 is 2.67 bits per heavy atom. The molecule has 3 rings (SSSR count). The largest absolute Gasteiger partial charge is 0.469 e. The first-order valence-corrected chi connectivity index (χ1v) is 7.72. The second-order valence-electron chi connectivity index (χ2n) is 5.25. The first kappa shape index (κ1) is 14.1. The van der Waals surface area contributed by atoms with Gasteiger partial charge in [0.1, 0.15) is 5.69 Å². The third kappa shape index (κ3) is 2.65. The molecule has 1 fully saturated rings. The van der Waals surface area contributed by atoms with E-state index in [1.165, 1.54) is 7.11 Å². The molecular formula is C14H17N3O3S. The minimum absolute atomic E-state index is 0.0631. The monoisotopic (exact) mass is 307 g/mol. The van der Waals surface area contributed by atoms with Crippen LogP contribution in [-0.4, -0.2) is 46.4 Å². The fraction of sp³-hybridized carbons (Fsp3) is 0.500. The highest BCUT2D eigenvalue weighted by molar-refractivity contribution is 7.17. The van der Waals surface area contributed by atoms with Gasteiger partial charge in [-0.05, 0) is 19.8 Å². The molecule has 3 heterocycles. The number of nitrogens with zero attached hydrogens (tertiary/aromatic N) is 3. The van der Waals surface area contributed by atoms with E-state index in [1.807, 2.05) is 17.5 Å². The van der Waals surface area contributed by atoms with Crippen LogP contribution in [0.3, 0.4) is 0 Å². The quantitative estimate of drug-likeness (QED) is 0.793. The molecular weight excluding hydrogens is 290 g/mol. The van der Waals surface area contributed by atoms with Crippen molar-refractivity contribution >= 4 is 28.2 Å². The Hall–Kier alpha value is -1.89. The molecule has 0 atom stereocenters. The van der Waals surface area contributed by atoms with Crippen molar-refractivity contribution in [1.29, 1.82) is 0 Å². The summed E-state index contributed by atoms with van der Waals surface area (Å²) < 4.78 is 6.64. The summed E-state index contributed by atoms with van der Waals surface area (Å²) in [5.41, 5.74) is 0.470. The Morgan fingerprint density at radius 1 is 1.33 bits per heavy atom. The van der Waals surface area contributed by atoms with Gasteiger partial charge in [0.05, 0.1) is 13.0 Å². The SMILES string of the molecule is COC(=O)C1CCN(C(=O)c2cn3cc(C)sc3n2)CC1. The van der Waals surface area contributed by atoms with E-state index in [2.05, 4.69) is 4.98 Å². The van der Waals surface area contributed by atoms with E-state index in [0.29, 0.717) is 31.6 Å². The third-order valence-electron chi connectivity index (χ3n) is 3.81. The lowest BCUT2D eigenvalue weighted by atomic mass is 9.97. The number of carbonyl (C=O) groups excluding carboxylic acids is 2. The standard InChI is InChI=1S/C14H17N3O3S/c1-9-7-17-8-11(15-14(17)21-9)12(18)16-5-3-10(4-6-16)13(19)20-2/h7-8,10H,3-6H2,1-2H3. The maximum Gasteiger partial charge on any atom is 0.308 e. The Morgan fingerprint density at radius 2 is 2.05 bits per heavy atom. The number of hydrogen-bond acceptors (Lipinski definition) is 5. The summed E-state index contributed by atoms with van der Waals surface area (Å²) in [6.45, 7) is 3.16. The fourth-order valence-corrected chi connectivity index (χ4v) is 3.47. The van der Waals surface area contributed by atoms with Crippen molar-refractivity contribution in [3.63, 3.8) is 0 Å². The van der Waals surface area contributed by atoms with Crippen LogP contribution in [-0.2, 0) is 9.53 Å². The summed E-state index contributed by atoms with van der Waals surface area (Å²) in [7, 11) is 1.40. The molecule has 21 heavy (non-hydrogen) atoms. The number of ether oxygens (including phenoxy) is 1. The molecule has 0 spiro atoms. The van der Waals surface area contributed by atoms with Gasteiger partial charge >= 0.3 is 5.97 Å². The molecule has 2 aromatic heterocycles. The van der Waals surface area contributed by atoms with E-state index in [1.54, 1.807) is 22.4 Å². The molecule has 7 heteroatoms. The highest BCUT2D eigenvalue weighted by atomic mass is 32.1. The van der Waals surface area contributed by atoms with Crippen LogP contribution in [0.25, 0.3) is 4.96 Å². The summed E-state index contributed by atoms with van der Waals surface area (Å²) in [6.07, 6.45) is 5.04. The van der Waals surface area contributed by atoms with Gasteiger partial charge in [-0.1, -0.05) is 0 Å². The Labute approximate surface area is 126 Å². The van der Waals surface area contributed by atoms with Crippen molar-refractivity contribution in [3.05, 3.63) is 23.0 Å². The number of piperidine rings is 1. The van der Waals surface area contributed by atoms with Crippen molar-refractivity contribution in [2.75, 3.05) is 20.2 Å². The maximum absolute atomic E-state index is 12.4. The molecule has 6 nitrogen and oxygen atoms in total. The number of imidazole rings is 1. The van der Waals surface area contributed by atoms with Gasteiger partial charge < -0.3 is 9.64 Å². The number of aryl methyl sites for hydroxylation is 1. The highest BCUT2D eigenvalue weighted by Crippen LogP contribution is 2.21. The van der Waals surface area contributed by atoms with Crippen LogP contribution in [0.2, 0.25) is 0 Å². The van der Waals surface area contributed by atoms with E-state index < -0.39 is 0 Å². The molecule has 1 aliphatic heterocycles. The van der Waals surface area contributed by atoms with Gasteiger partial charge in [0.15, 0.2) is 4.96 Å². The molecule has 1 aliphatic rings. The molecule has 1 saturated heterocycles. The number of amides is 1. The molecule has 0 bridgehead atoms. The van der Waals surface area contributed by atoms with Gasteiger partial charge in [-0.3, -0.25) is 14.0 Å². The summed E-state index contributed by atoms with van der Waals surface area (Å²) in [5, 5.41) is 0. The highest BCUT2D eigenvalue weighted by Gasteiger charge is 2.29. The van der Waals surface area contributed by atoms with Gasteiger partial charge in [-0.15, -0.1) is 11.3 Å². The van der Waals surface area contributed by atoms with Gasteiger partial charge in [0, 0.05) is 30.4 Å². The second kappa shape index (κ2) is 5.48. The normalized spacial score (nSPS) is 16.4. The lowest BCUT2D eigenvalue weighted by Gasteiger charge is -2.30. The lowest BCUT2D eigenvalue weighted by molar-refractivity contribution is -0.146. The average Bonchev–Trinajstić information content (AvgIpc) is 3.03. The van der Waals surface area contributed by atoms with E-state index in [0.717, 1.165) is 9.84 Å². The third-order valence-corrected chi connectivity index (χ3v) is 4.72. The van der Waals surface area contributed by atoms with E-state index in [9.17, 15) is 9.59 Å². The zero-order chi connectivity index (χ0) is 15.0. The molecule has 0 saturated carbocycles. The lowest BCUT2D eigenvalue weighted by Crippen LogP contribution is -2.40. The number of likely N-dealkylation sites (tertiary alicyclic amines) is 1. The smallest absolute Gasteiger partial charge is 0.308 e. The second-order valence-corrected chi connectivity index (χ2v) is 6.46. The maximum atomic E-state index is 12.4. The van der Waals surface area contributed by atoms with Gasteiger partial charge in [0.25, 0.3) is 5.91 Å². The first-order chi connectivity index (χ1) is 10.1. The number of hydrogen-bond donors (Lipinski definition) is 0. The van der Waals surface area contributed by atoms with Crippen LogP contribution in [0.4, 0.5) is 0 Å². The zero-order valence-corrected chi connectivity index (χ0v) is 12.9. The summed E-state index contributed by atoms with van der Waals surface area (Å²) >= 11 is 1.56. The van der Waals surface area contributed by atoms with Crippen molar-refractivity contribution in [2.45, 2.75) is 19.8 Å². The number of esters is 1. The van der Waals surface area contributed by atoms with Crippen LogP contribution >= 0.6 is 11.3 Å². The number of thiazole rings is 1. The number of carbonyl (C=O) groups is 2. The molecule has 112 valence electrons. The molecule has 2 aromatic rings. The minimum Gasteiger partial charge on any atom is -0.469 e. The number of fused-ring (bicyclic) bond motifs is 1. The predicted molar refractivity (Wildman–Crippen MR) is 78.4 cm³/mol. The van der Waals surface area contributed by atoms with Gasteiger partial charge in [-0.2, -0.15) is 0 Å². The number of rotatable bonds is 2. The van der Waals surface area contributed by atoms with Crippen LogP contribution in [0.15, 0.2) is 12.4 Å². The minimum atomic E-state index is -0.180. The van der Waals surface area contributed by atoms with Crippen LogP contribution in [0, 0.1) is 12.8 Å². The fourth-order valence-electron chi connectivity index (χ4n) is 2.66. The van der Waals surface area contributed by atoms with Crippen molar-refractivity contribution in [1.82, 2.24) is 14.3 Å². The molecule has 0 N–H and O–H groups in total. The summed E-state index contributed by atoms with van der Waals surface area (Å²) in [4.78, 5) is 32.1. The molecule has 0 aliphatic carbocycles. The summed E-state index contributed by atoms with van der Waals surface area (Å²) in [5.74, 6) is -0.334. The molecule has 0 aromatic carbocycles. The molecule has 1 amide bonds. The Balaban J connectivity index is 1.68. The van der Waals surface area contributed by atoms with Crippen LogP contribution in [0.1, 0.15) is 28.2 Å². The predicted octanol–water partition coefficient (Wildman–Crippen LogP) is 1.73. The Bertz CT molecular complexity index is 651. The van der Waals surface area contributed by atoms with E-state index in [4.69, 9.17) is 4.74 Å². The molecule has 0 unspecified atom stereocenters. The van der Waals surface area contributed by atoms with E-state index in [-0.39, 0.29) is 17.8 Å². The zero-order valence-electron chi connectivity index (χ0n) is 12.0.